The summed E-state index contributed by atoms with van der Waals surface area (Å²) in [6.45, 7) is 7.53. The molecule has 1 aliphatic rings. The molecule has 5 rings (SSSR count). The Morgan fingerprint density at radius 1 is 1.06 bits per heavy atom. The van der Waals surface area contributed by atoms with Crippen molar-refractivity contribution in [2.75, 3.05) is 4.90 Å². The molecule has 1 aliphatic heterocycles. The maximum atomic E-state index is 13.6. The number of amides is 1. The van der Waals surface area contributed by atoms with Gasteiger partial charge in [0, 0.05) is 6.07 Å². The van der Waals surface area contributed by atoms with Crippen molar-refractivity contribution >= 4 is 22.7 Å². The second-order valence-corrected chi connectivity index (χ2v) is 8.29. The fraction of sp³-hybridized carbons (Fsp3) is 0.240. The first-order valence-electron chi connectivity index (χ1n) is 10.4. The molecule has 0 aliphatic carbocycles. The van der Waals surface area contributed by atoms with E-state index in [1.165, 1.54) is 4.90 Å². The van der Waals surface area contributed by atoms with Crippen LogP contribution in [0.3, 0.4) is 0 Å². The standard InChI is InChI=1S/C25H22N2O5/c1-13(2)30-17-7-5-6-16(12-17)22-21-23(28)18-10-14(3)8-9-19(18)31-24(21)25(29)27(22)20-11-15(4)32-26-20/h5-13,22H,1-4H3/t22-/m1/s1. The minimum absolute atomic E-state index is 0.0194. The lowest BCUT2D eigenvalue weighted by Crippen LogP contribution is -2.29. The zero-order valence-electron chi connectivity index (χ0n) is 18.2. The van der Waals surface area contributed by atoms with E-state index in [4.69, 9.17) is 13.7 Å². The number of benzene rings is 2. The van der Waals surface area contributed by atoms with Crippen molar-refractivity contribution < 1.29 is 18.5 Å². The van der Waals surface area contributed by atoms with Crippen LogP contribution in [0.1, 0.15) is 52.9 Å². The number of aromatic nitrogens is 1. The third kappa shape index (κ3) is 3.17. The minimum atomic E-state index is -0.723. The summed E-state index contributed by atoms with van der Waals surface area (Å²) in [5, 5.41) is 4.49. The minimum Gasteiger partial charge on any atom is -0.491 e. The maximum Gasteiger partial charge on any atom is 0.296 e. The highest BCUT2D eigenvalue weighted by Gasteiger charge is 2.45. The lowest BCUT2D eigenvalue weighted by molar-refractivity contribution is 0.0969. The van der Waals surface area contributed by atoms with Gasteiger partial charge in [0.25, 0.3) is 5.91 Å². The van der Waals surface area contributed by atoms with Crippen molar-refractivity contribution in [2.24, 2.45) is 0 Å². The van der Waals surface area contributed by atoms with E-state index in [1.54, 1.807) is 25.1 Å². The average Bonchev–Trinajstić information content (AvgIpc) is 3.29. The van der Waals surface area contributed by atoms with Crippen molar-refractivity contribution in [3.63, 3.8) is 0 Å². The van der Waals surface area contributed by atoms with Crippen LogP contribution in [0, 0.1) is 13.8 Å². The first-order valence-corrected chi connectivity index (χ1v) is 10.4. The largest absolute Gasteiger partial charge is 0.491 e. The number of ether oxygens (including phenoxy) is 1. The van der Waals surface area contributed by atoms with E-state index in [9.17, 15) is 9.59 Å². The number of carbonyl (C=O) groups excluding carboxylic acids is 1. The molecule has 7 heteroatoms. The molecule has 7 nitrogen and oxygen atoms in total. The van der Waals surface area contributed by atoms with Crippen LogP contribution in [0.25, 0.3) is 11.0 Å². The summed E-state index contributed by atoms with van der Waals surface area (Å²) >= 11 is 0. The number of carbonyl (C=O) groups is 1. The third-order valence-electron chi connectivity index (χ3n) is 5.43. The Balaban J connectivity index is 1.78. The van der Waals surface area contributed by atoms with Crippen LogP contribution in [0.4, 0.5) is 5.82 Å². The van der Waals surface area contributed by atoms with E-state index in [0.29, 0.717) is 28.3 Å². The molecule has 1 amide bonds. The van der Waals surface area contributed by atoms with Crippen molar-refractivity contribution in [2.45, 2.75) is 39.8 Å². The normalized spacial score (nSPS) is 15.6. The van der Waals surface area contributed by atoms with Crippen LogP contribution < -0.4 is 15.1 Å². The van der Waals surface area contributed by atoms with Crippen molar-refractivity contribution in [3.05, 3.63) is 87.0 Å². The molecule has 0 bridgehead atoms. The number of hydrogen-bond donors (Lipinski definition) is 0. The summed E-state index contributed by atoms with van der Waals surface area (Å²) < 4.78 is 17.1. The highest BCUT2D eigenvalue weighted by atomic mass is 16.5. The van der Waals surface area contributed by atoms with Gasteiger partial charge >= 0.3 is 0 Å². The van der Waals surface area contributed by atoms with Gasteiger partial charge in [-0.05, 0) is 57.5 Å². The molecule has 0 N–H and O–H groups in total. The van der Waals surface area contributed by atoms with E-state index < -0.39 is 11.9 Å². The predicted molar refractivity (Wildman–Crippen MR) is 119 cm³/mol. The molecular formula is C25H22N2O5. The van der Waals surface area contributed by atoms with Gasteiger partial charge in [0.05, 0.1) is 23.1 Å². The molecule has 4 aromatic rings. The van der Waals surface area contributed by atoms with Crippen molar-refractivity contribution in [1.29, 1.82) is 0 Å². The fourth-order valence-electron chi connectivity index (χ4n) is 4.14. The molecule has 162 valence electrons. The molecule has 3 heterocycles. The summed E-state index contributed by atoms with van der Waals surface area (Å²) in [5.41, 5.74) is 2.08. The van der Waals surface area contributed by atoms with Gasteiger partial charge in [-0.2, -0.15) is 0 Å². The highest BCUT2D eigenvalue weighted by molar-refractivity contribution is 6.10. The van der Waals surface area contributed by atoms with Gasteiger partial charge in [-0.25, -0.2) is 0 Å². The summed E-state index contributed by atoms with van der Waals surface area (Å²) in [7, 11) is 0. The molecule has 2 aromatic carbocycles. The smallest absolute Gasteiger partial charge is 0.296 e. The number of anilines is 1. The van der Waals surface area contributed by atoms with Crippen LogP contribution in [0.15, 0.2) is 62.3 Å². The summed E-state index contributed by atoms with van der Waals surface area (Å²) in [4.78, 5) is 28.6. The highest BCUT2D eigenvalue weighted by Crippen LogP contribution is 2.41. The van der Waals surface area contributed by atoms with E-state index in [-0.39, 0.29) is 22.9 Å². The van der Waals surface area contributed by atoms with Gasteiger partial charge in [-0.3, -0.25) is 14.5 Å². The van der Waals surface area contributed by atoms with E-state index in [2.05, 4.69) is 5.16 Å². The van der Waals surface area contributed by atoms with Gasteiger partial charge in [0.15, 0.2) is 11.2 Å². The fourth-order valence-corrected chi connectivity index (χ4v) is 4.14. The Morgan fingerprint density at radius 2 is 1.88 bits per heavy atom. The molecule has 32 heavy (non-hydrogen) atoms. The molecule has 0 unspecified atom stereocenters. The van der Waals surface area contributed by atoms with E-state index >= 15 is 0 Å². The lowest BCUT2D eigenvalue weighted by atomic mass is 9.98. The Labute approximate surface area is 184 Å². The SMILES string of the molecule is Cc1ccc2oc3c(c(=O)c2c1)[C@@H](c1cccc(OC(C)C)c1)N(c1cc(C)on1)C3=O. The average molecular weight is 430 g/mol. The summed E-state index contributed by atoms with van der Waals surface area (Å²) in [6, 6.07) is 13.7. The Kier molecular flexibility index (Phi) is 4.62. The quantitative estimate of drug-likeness (QED) is 0.456. The monoisotopic (exact) mass is 430 g/mol. The van der Waals surface area contributed by atoms with Gasteiger partial charge in [0.2, 0.25) is 5.76 Å². The molecular weight excluding hydrogens is 408 g/mol. The zero-order valence-corrected chi connectivity index (χ0v) is 18.2. The summed E-state index contributed by atoms with van der Waals surface area (Å²) in [5.74, 6) is 1.11. The number of hydrogen-bond acceptors (Lipinski definition) is 6. The van der Waals surface area contributed by atoms with Crippen molar-refractivity contribution in [1.82, 2.24) is 5.16 Å². The van der Waals surface area contributed by atoms with Crippen LogP contribution in [-0.4, -0.2) is 17.2 Å². The maximum absolute atomic E-state index is 13.6. The van der Waals surface area contributed by atoms with Crippen LogP contribution >= 0.6 is 0 Å². The molecule has 0 saturated carbocycles. The lowest BCUT2D eigenvalue weighted by Gasteiger charge is -2.23. The van der Waals surface area contributed by atoms with Gasteiger partial charge in [-0.15, -0.1) is 0 Å². The van der Waals surface area contributed by atoms with Gasteiger partial charge in [0.1, 0.15) is 17.1 Å². The predicted octanol–water partition coefficient (Wildman–Crippen LogP) is 4.93. The zero-order chi connectivity index (χ0) is 22.6. The molecule has 1 atom stereocenters. The molecule has 2 aromatic heterocycles. The second-order valence-electron chi connectivity index (χ2n) is 8.29. The number of aryl methyl sites for hydroxylation is 2. The second kappa shape index (κ2) is 7.37. The number of fused-ring (bicyclic) bond motifs is 2. The molecule has 0 saturated heterocycles. The van der Waals surface area contributed by atoms with Crippen LogP contribution in [0.5, 0.6) is 5.75 Å². The number of nitrogens with zero attached hydrogens (tertiary/aromatic N) is 2. The van der Waals surface area contributed by atoms with E-state index in [0.717, 1.165) is 11.1 Å². The van der Waals surface area contributed by atoms with Gasteiger partial charge in [-0.1, -0.05) is 28.9 Å². The molecule has 0 fully saturated rings. The Bertz CT molecular complexity index is 1420. The van der Waals surface area contributed by atoms with Crippen LogP contribution in [-0.2, 0) is 0 Å². The third-order valence-corrected chi connectivity index (χ3v) is 5.43. The Hall–Kier alpha value is -3.87. The Morgan fingerprint density at radius 3 is 2.59 bits per heavy atom. The first kappa shape index (κ1) is 20.1. The van der Waals surface area contributed by atoms with E-state index in [1.807, 2.05) is 51.1 Å². The molecule has 0 radical (unpaired) electrons. The topological polar surface area (TPSA) is 85.8 Å². The van der Waals surface area contributed by atoms with Crippen molar-refractivity contribution in [3.8, 4) is 5.75 Å². The number of rotatable bonds is 4. The van der Waals surface area contributed by atoms with Gasteiger partial charge < -0.3 is 13.7 Å². The molecule has 0 spiro atoms. The first-order chi connectivity index (χ1) is 15.3. The summed E-state index contributed by atoms with van der Waals surface area (Å²) in [6.07, 6.45) is -0.0194. The van der Waals surface area contributed by atoms with Crippen LogP contribution in [0.2, 0.25) is 0 Å².